The Labute approximate surface area is 161 Å². The second-order valence-electron chi connectivity index (χ2n) is 5.50. The van der Waals surface area contributed by atoms with Crippen molar-refractivity contribution in [2.24, 2.45) is 0 Å². The van der Waals surface area contributed by atoms with Gasteiger partial charge in [0.15, 0.2) is 23.0 Å². The van der Waals surface area contributed by atoms with E-state index in [2.05, 4.69) is 4.98 Å². The van der Waals surface area contributed by atoms with Gasteiger partial charge < -0.3 is 18.9 Å². The van der Waals surface area contributed by atoms with Gasteiger partial charge in [0.2, 0.25) is 0 Å². The maximum atomic E-state index is 10.9. The summed E-state index contributed by atoms with van der Waals surface area (Å²) in [7, 11) is 4.74. The van der Waals surface area contributed by atoms with Crippen LogP contribution in [-0.2, 0) is 6.61 Å². The van der Waals surface area contributed by atoms with Crippen molar-refractivity contribution in [3.63, 3.8) is 0 Å². The molecule has 0 radical (unpaired) electrons. The van der Waals surface area contributed by atoms with Gasteiger partial charge >= 0.3 is 0 Å². The van der Waals surface area contributed by atoms with Crippen LogP contribution in [-0.4, -0.2) is 32.6 Å². The SMILES string of the molecule is COc1cc(C=O)ccc1OCc1csc(-c2cccc(OC)c2OC)n1. The summed E-state index contributed by atoms with van der Waals surface area (Å²) >= 11 is 1.50. The molecule has 3 rings (SSSR count). The van der Waals surface area contributed by atoms with Gasteiger partial charge in [-0.15, -0.1) is 11.3 Å². The van der Waals surface area contributed by atoms with Crippen LogP contribution in [0.3, 0.4) is 0 Å². The number of carbonyl (C=O) groups excluding carboxylic acids is 1. The number of aromatic nitrogens is 1. The molecule has 27 heavy (non-hydrogen) atoms. The third kappa shape index (κ3) is 4.03. The van der Waals surface area contributed by atoms with E-state index in [-0.39, 0.29) is 6.61 Å². The quantitative estimate of drug-likeness (QED) is 0.541. The van der Waals surface area contributed by atoms with E-state index in [0.29, 0.717) is 28.6 Å². The molecule has 0 atom stereocenters. The van der Waals surface area contributed by atoms with Crippen LogP contribution >= 0.6 is 11.3 Å². The Morgan fingerprint density at radius 3 is 2.52 bits per heavy atom. The first-order valence-electron chi connectivity index (χ1n) is 8.12. The van der Waals surface area contributed by atoms with Gasteiger partial charge in [-0.3, -0.25) is 4.79 Å². The monoisotopic (exact) mass is 385 g/mol. The highest BCUT2D eigenvalue weighted by molar-refractivity contribution is 7.13. The summed E-state index contributed by atoms with van der Waals surface area (Å²) in [5.41, 5.74) is 2.17. The predicted molar refractivity (Wildman–Crippen MR) is 103 cm³/mol. The van der Waals surface area contributed by atoms with Crippen molar-refractivity contribution >= 4 is 17.6 Å². The highest BCUT2D eigenvalue weighted by Crippen LogP contribution is 2.39. The molecule has 3 aromatic rings. The molecule has 0 unspecified atom stereocenters. The molecule has 140 valence electrons. The first-order chi connectivity index (χ1) is 13.2. The normalized spacial score (nSPS) is 10.3. The minimum Gasteiger partial charge on any atom is -0.493 e. The number of benzene rings is 2. The Morgan fingerprint density at radius 1 is 1.00 bits per heavy atom. The molecule has 2 aromatic carbocycles. The summed E-state index contributed by atoms with van der Waals surface area (Å²) in [5, 5.41) is 2.74. The van der Waals surface area contributed by atoms with Gasteiger partial charge in [0.05, 0.1) is 32.6 Å². The van der Waals surface area contributed by atoms with Crippen molar-refractivity contribution in [3.05, 3.63) is 53.0 Å². The van der Waals surface area contributed by atoms with E-state index in [9.17, 15) is 4.79 Å². The van der Waals surface area contributed by atoms with Gasteiger partial charge in [-0.05, 0) is 30.3 Å². The molecular formula is C20H19NO5S. The molecule has 0 bridgehead atoms. The second kappa shape index (κ2) is 8.55. The van der Waals surface area contributed by atoms with Gasteiger partial charge in [0, 0.05) is 10.9 Å². The van der Waals surface area contributed by atoms with Crippen LogP contribution < -0.4 is 18.9 Å². The summed E-state index contributed by atoms with van der Waals surface area (Å²) in [4.78, 5) is 15.5. The van der Waals surface area contributed by atoms with E-state index < -0.39 is 0 Å². The summed E-state index contributed by atoms with van der Waals surface area (Å²) in [5.74, 6) is 2.36. The fourth-order valence-corrected chi connectivity index (χ4v) is 3.41. The fraction of sp³-hybridized carbons (Fsp3) is 0.200. The van der Waals surface area contributed by atoms with Crippen molar-refractivity contribution in [1.82, 2.24) is 4.98 Å². The van der Waals surface area contributed by atoms with E-state index in [1.54, 1.807) is 32.4 Å². The van der Waals surface area contributed by atoms with Crippen LogP contribution in [0.2, 0.25) is 0 Å². The standard InChI is InChI=1S/C20H19NO5S/c1-23-17-6-4-5-15(19(17)25-3)20-21-14(12-27-20)11-26-16-8-7-13(10-22)9-18(16)24-2/h4-10,12H,11H2,1-3H3. The molecule has 1 aromatic heterocycles. The average Bonchev–Trinajstić information content (AvgIpc) is 3.20. The number of para-hydroxylation sites is 1. The van der Waals surface area contributed by atoms with Gasteiger partial charge in [-0.25, -0.2) is 4.98 Å². The zero-order valence-corrected chi connectivity index (χ0v) is 16.0. The first kappa shape index (κ1) is 18.7. The van der Waals surface area contributed by atoms with Crippen LogP contribution in [0.1, 0.15) is 16.1 Å². The minimum absolute atomic E-state index is 0.277. The highest BCUT2D eigenvalue weighted by Gasteiger charge is 2.15. The number of hydrogen-bond acceptors (Lipinski definition) is 7. The van der Waals surface area contributed by atoms with Crippen LogP contribution in [0.25, 0.3) is 10.6 Å². The van der Waals surface area contributed by atoms with E-state index in [1.165, 1.54) is 18.4 Å². The molecule has 0 aliphatic carbocycles. The number of thiazole rings is 1. The number of rotatable bonds is 8. The van der Waals surface area contributed by atoms with Gasteiger partial charge in [0.1, 0.15) is 17.9 Å². The van der Waals surface area contributed by atoms with E-state index in [1.807, 2.05) is 23.6 Å². The van der Waals surface area contributed by atoms with Crippen LogP contribution in [0.15, 0.2) is 41.8 Å². The van der Waals surface area contributed by atoms with Gasteiger partial charge in [-0.1, -0.05) is 6.07 Å². The summed E-state index contributed by atoms with van der Waals surface area (Å²) < 4.78 is 21.9. The Balaban J connectivity index is 1.79. The first-order valence-corrected chi connectivity index (χ1v) is 9.00. The summed E-state index contributed by atoms with van der Waals surface area (Å²) in [6.07, 6.45) is 0.764. The van der Waals surface area contributed by atoms with Crippen molar-refractivity contribution in [2.75, 3.05) is 21.3 Å². The third-order valence-electron chi connectivity index (χ3n) is 3.88. The molecule has 0 aliphatic rings. The second-order valence-corrected chi connectivity index (χ2v) is 6.36. The number of nitrogens with zero attached hydrogens (tertiary/aromatic N) is 1. The lowest BCUT2D eigenvalue weighted by Crippen LogP contribution is -1.99. The number of methoxy groups -OCH3 is 3. The highest BCUT2D eigenvalue weighted by atomic mass is 32.1. The van der Waals surface area contributed by atoms with Crippen molar-refractivity contribution < 1.29 is 23.7 Å². The zero-order chi connectivity index (χ0) is 19.2. The molecule has 0 saturated heterocycles. The molecular weight excluding hydrogens is 366 g/mol. The van der Waals surface area contributed by atoms with Crippen molar-refractivity contribution in [3.8, 4) is 33.6 Å². The van der Waals surface area contributed by atoms with Gasteiger partial charge in [-0.2, -0.15) is 0 Å². The lowest BCUT2D eigenvalue weighted by molar-refractivity contribution is 0.112. The lowest BCUT2D eigenvalue weighted by Gasteiger charge is -2.11. The molecule has 1 heterocycles. The van der Waals surface area contributed by atoms with E-state index >= 15 is 0 Å². The smallest absolute Gasteiger partial charge is 0.170 e. The number of ether oxygens (including phenoxy) is 4. The third-order valence-corrected chi connectivity index (χ3v) is 4.81. The van der Waals surface area contributed by atoms with Crippen LogP contribution in [0, 0.1) is 0 Å². The molecule has 7 heteroatoms. The maximum absolute atomic E-state index is 10.9. The average molecular weight is 385 g/mol. The predicted octanol–water partition coefficient (Wildman–Crippen LogP) is 4.23. The van der Waals surface area contributed by atoms with Crippen LogP contribution in [0.4, 0.5) is 0 Å². The Hall–Kier alpha value is -3.06. The Morgan fingerprint density at radius 2 is 1.81 bits per heavy atom. The largest absolute Gasteiger partial charge is 0.493 e. The number of carbonyl (C=O) groups is 1. The molecule has 0 N–H and O–H groups in total. The molecule has 0 fully saturated rings. The summed E-state index contributed by atoms with van der Waals surface area (Å²) in [6, 6.07) is 10.7. The number of hydrogen-bond donors (Lipinski definition) is 0. The van der Waals surface area contributed by atoms with Crippen molar-refractivity contribution in [2.45, 2.75) is 6.61 Å². The van der Waals surface area contributed by atoms with Crippen LogP contribution in [0.5, 0.6) is 23.0 Å². The maximum Gasteiger partial charge on any atom is 0.170 e. The topological polar surface area (TPSA) is 66.9 Å². The zero-order valence-electron chi connectivity index (χ0n) is 15.2. The molecule has 0 aliphatic heterocycles. The molecule has 0 spiro atoms. The molecule has 6 nitrogen and oxygen atoms in total. The van der Waals surface area contributed by atoms with E-state index in [4.69, 9.17) is 18.9 Å². The summed E-state index contributed by atoms with van der Waals surface area (Å²) in [6.45, 7) is 0.277. The van der Waals surface area contributed by atoms with Crippen molar-refractivity contribution in [1.29, 1.82) is 0 Å². The molecule has 0 saturated carbocycles. The fourth-order valence-electron chi connectivity index (χ4n) is 2.58. The lowest BCUT2D eigenvalue weighted by atomic mass is 10.2. The molecule has 0 amide bonds. The minimum atomic E-state index is 0.277. The van der Waals surface area contributed by atoms with E-state index in [0.717, 1.165) is 22.6 Å². The number of aldehydes is 1. The van der Waals surface area contributed by atoms with Gasteiger partial charge in [0.25, 0.3) is 0 Å². The Bertz CT molecular complexity index is 938. The Kier molecular flexibility index (Phi) is 5.93.